The predicted octanol–water partition coefficient (Wildman–Crippen LogP) is 3.29. The molecule has 1 aromatic carbocycles. The van der Waals surface area contributed by atoms with Gasteiger partial charge in [0.05, 0.1) is 21.3 Å². The van der Waals surface area contributed by atoms with E-state index in [0.717, 1.165) is 16.9 Å². The SMILES string of the molecule is Cc1[nH]c(C(=O)N[C@H]2[C@@H]3CN(c4nc(Cc5ccc(C(=O)O)cc5)c(C(=O)O)s4)C[C@@H]32)c(Cl)c1Cl.[LiH]. The van der Waals surface area contributed by atoms with Crippen molar-refractivity contribution < 1.29 is 24.6 Å². The number of aromatic amines is 1. The molecule has 3 aromatic rings. The third-order valence-electron chi connectivity index (χ3n) is 6.50. The number of fused-ring (bicyclic) bond motifs is 1. The molecule has 3 atom stereocenters. The van der Waals surface area contributed by atoms with Crippen LogP contribution in [0, 0.1) is 18.8 Å². The van der Waals surface area contributed by atoms with E-state index in [-0.39, 0.29) is 70.2 Å². The third-order valence-corrected chi connectivity index (χ3v) is 8.59. The minimum absolute atomic E-state index is 0. The number of nitrogens with one attached hydrogen (secondary N) is 2. The number of H-pyrrole nitrogens is 1. The number of aryl methyl sites for hydroxylation is 1. The Balaban J connectivity index is 0.00000304. The average molecular weight is 543 g/mol. The molecular weight excluding hydrogens is 522 g/mol. The first-order chi connectivity index (χ1) is 16.6. The van der Waals surface area contributed by atoms with Crippen molar-refractivity contribution in [3.05, 3.63) is 67.4 Å². The quantitative estimate of drug-likeness (QED) is 0.336. The molecular formula is C23H21Cl2LiN4O5S. The van der Waals surface area contributed by atoms with Crippen LogP contribution in [0.4, 0.5) is 5.13 Å². The van der Waals surface area contributed by atoms with Gasteiger partial charge in [0.1, 0.15) is 10.6 Å². The number of hydrogen-bond acceptors (Lipinski definition) is 6. The van der Waals surface area contributed by atoms with Crippen LogP contribution in [0.1, 0.15) is 47.5 Å². The number of hydrogen-bond donors (Lipinski definition) is 4. The molecule has 0 radical (unpaired) electrons. The van der Waals surface area contributed by atoms with Gasteiger partial charge in [-0.2, -0.15) is 0 Å². The van der Waals surface area contributed by atoms with Crippen LogP contribution in [0.15, 0.2) is 24.3 Å². The Morgan fingerprint density at radius 2 is 1.75 bits per heavy atom. The summed E-state index contributed by atoms with van der Waals surface area (Å²) < 4.78 is 0. The predicted molar refractivity (Wildman–Crippen MR) is 138 cm³/mol. The topological polar surface area (TPSA) is 136 Å². The van der Waals surface area contributed by atoms with E-state index in [1.807, 2.05) is 0 Å². The maximum atomic E-state index is 12.6. The van der Waals surface area contributed by atoms with Gasteiger partial charge in [-0.05, 0) is 24.6 Å². The average Bonchev–Trinajstić information content (AvgIpc) is 3.19. The fourth-order valence-corrected chi connectivity index (χ4v) is 5.92. The Bertz CT molecular complexity index is 1350. The molecule has 184 valence electrons. The number of carbonyl (C=O) groups is 3. The van der Waals surface area contributed by atoms with Gasteiger partial charge in [0.25, 0.3) is 5.91 Å². The summed E-state index contributed by atoms with van der Waals surface area (Å²) in [4.78, 5) is 45.2. The molecule has 36 heavy (non-hydrogen) atoms. The maximum absolute atomic E-state index is 12.6. The minimum atomic E-state index is -1.04. The molecule has 2 fully saturated rings. The van der Waals surface area contributed by atoms with E-state index in [9.17, 15) is 19.5 Å². The molecule has 5 rings (SSSR count). The summed E-state index contributed by atoms with van der Waals surface area (Å²) in [6.45, 7) is 3.06. The van der Waals surface area contributed by atoms with Crippen LogP contribution in [-0.4, -0.2) is 76.0 Å². The number of thiazole rings is 1. The van der Waals surface area contributed by atoms with Gasteiger partial charge in [0.2, 0.25) is 0 Å². The van der Waals surface area contributed by atoms with Crippen molar-refractivity contribution in [1.29, 1.82) is 0 Å². The van der Waals surface area contributed by atoms with E-state index in [4.69, 9.17) is 28.3 Å². The number of amides is 1. The van der Waals surface area contributed by atoms with E-state index < -0.39 is 11.9 Å². The number of anilines is 1. The van der Waals surface area contributed by atoms with Crippen LogP contribution >= 0.6 is 34.5 Å². The number of halogens is 2. The number of benzene rings is 1. The first-order valence-electron chi connectivity index (χ1n) is 10.8. The van der Waals surface area contributed by atoms with Crippen molar-refractivity contribution in [2.45, 2.75) is 19.4 Å². The zero-order valence-electron chi connectivity index (χ0n) is 18.3. The molecule has 0 bridgehead atoms. The van der Waals surface area contributed by atoms with Crippen molar-refractivity contribution in [1.82, 2.24) is 15.3 Å². The number of aromatic nitrogens is 2. The summed E-state index contributed by atoms with van der Waals surface area (Å²) in [5.41, 5.74) is 2.28. The van der Waals surface area contributed by atoms with Crippen molar-refractivity contribution in [2.24, 2.45) is 11.8 Å². The number of carboxylic acid groups (broad SMARTS) is 2. The van der Waals surface area contributed by atoms with Crippen LogP contribution in [0.2, 0.25) is 10.0 Å². The molecule has 9 nitrogen and oxygen atoms in total. The van der Waals surface area contributed by atoms with Gasteiger partial charge in [-0.25, -0.2) is 14.6 Å². The van der Waals surface area contributed by atoms with Gasteiger partial charge in [-0.15, -0.1) is 0 Å². The summed E-state index contributed by atoms with van der Waals surface area (Å²) in [6.07, 6.45) is 0.288. The van der Waals surface area contributed by atoms with Gasteiger partial charge in [0.15, 0.2) is 5.13 Å². The Labute approximate surface area is 232 Å². The number of carboxylic acids is 2. The molecule has 0 spiro atoms. The first kappa shape index (κ1) is 26.6. The van der Waals surface area contributed by atoms with Gasteiger partial charge in [0, 0.05) is 43.1 Å². The molecule has 13 heteroatoms. The molecule has 2 aliphatic rings. The van der Waals surface area contributed by atoms with E-state index in [1.54, 1.807) is 19.1 Å². The molecule has 1 saturated heterocycles. The molecule has 1 aliphatic heterocycles. The standard InChI is InChI=1S/C23H20Cl2N4O5S.Li.H/c1-9-15(24)16(25)18(26-9)20(30)28-17-12-7-29(8-13(12)17)23-27-14(19(35-23)22(33)34)6-10-2-4-11(5-3-10)21(31)32;;/h2-5,12-13,17,26H,6-8H2,1H3,(H,28,30)(H,31,32)(H,33,34);;/t12-,13+,17+;;. The van der Waals surface area contributed by atoms with Gasteiger partial charge >= 0.3 is 30.8 Å². The van der Waals surface area contributed by atoms with Crippen molar-refractivity contribution in [3.63, 3.8) is 0 Å². The summed E-state index contributed by atoms with van der Waals surface area (Å²) in [7, 11) is 0. The second-order valence-electron chi connectivity index (χ2n) is 8.74. The molecule has 0 unspecified atom stereocenters. The fourth-order valence-electron chi connectivity index (χ4n) is 4.57. The normalized spacial score (nSPS) is 20.0. The number of carbonyl (C=O) groups excluding carboxylic acids is 1. The number of rotatable bonds is 7. The summed E-state index contributed by atoms with van der Waals surface area (Å²) in [5.74, 6) is -1.87. The summed E-state index contributed by atoms with van der Waals surface area (Å²) in [5, 5.41) is 22.9. The van der Waals surface area contributed by atoms with Crippen LogP contribution in [0.5, 0.6) is 0 Å². The summed E-state index contributed by atoms with van der Waals surface area (Å²) in [6, 6.07) is 6.32. The fraction of sp³-hybridized carbons (Fsp3) is 0.304. The molecule has 1 saturated carbocycles. The molecule has 1 amide bonds. The van der Waals surface area contributed by atoms with Crippen LogP contribution in [0.25, 0.3) is 0 Å². The zero-order chi connectivity index (χ0) is 25.0. The van der Waals surface area contributed by atoms with Crippen molar-refractivity contribution >= 4 is 76.4 Å². The van der Waals surface area contributed by atoms with E-state index >= 15 is 0 Å². The van der Waals surface area contributed by atoms with Crippen molar-refractivity contribution in [3.8, 4) is 0 Å². The first-order valence-corrected chi connectivity index (χ1v) is 12.4. The van der Waals surface area contributed by atoms with Gasteiger partial charge in [-0.3, -0.25) is 4.79 Å². The van der Waals surface area contributed by atoms with Gasteiger partial charge < -0.3 is 25.4 Å². The second kappa shape index (κ2) is 10.1. The van der Waals surface area contributed by atoms with Crippen LogP contribution in [0.3, 0.4) is 0 Å². The molecule has 3 heterocycles. The number of nitrogens with zero attached hydrogens (tertiary/aromatic N) is 2. The Morgan fingerprint density at radius 1 is 1.11 bits per heavy atom. The molecule has 1 aliphatic carbocycles. The van der Waals surface area contributed by atoms with E-state index in [2.05, 4.69) is 20.2 Å². The number of piperidine rings is 1. The Morgan fingerprint density at radius 3 is 2.28 bits per heavy atom. The second-order valence-corrected chi connectivity index (χ2v) is 10.5. The Hall–Kier alpha value is -2.48. The Kier molecular flexibility index (Phi) is 7.47. The summed E-state index contributed by atoms with van der Waals surface area (Å²) >= 11 is 13.3. The molecule has 4 N–H and O–H groups in total. The van der Waals surface area contributed by atoms with Crippen LogP contribution in [-0.2, 0) is 6.42 Å². The van der Waals surface area contributed by atoms with E-state index in [0.29, 0.717) is 34.6 Å². The van der Waals surface area contributed by atoms with Crippen LogP contribution < -0.4 is 10.2 Å². The number of aromatic carboxylic acids is 2. The molecule has 2 aromatic heterocycles. The zero-order valence-corrected chi connectivity index (χ0v) is 20.7. The third kappa shape index (κ3) is 4.88. The van der Waals surface area contributed by atoms with E-state index in [1.165, 1.54) is 12.1 Å². The van der Waals surface area contributed by atoms with Gasteiger partial charge in [-0.1, -0.05) is 46.7 Å². The van der Waals surface area contributed by atoms with Crippen molar-refractivity contribution in [2.75, 3.05) is 18.0 Å². The monoisotopic (exact) mass is 542 g/mol.